The van der Waals surface area contributed by atoms with Gasteiger partial charge in [0.05, 0.1) is 6.10 Å². The second-order valence-electron chi connectivity index (χ2n) is 2.24. The zero-order chi connectivity index (χ0) is 6.69. The van der Waals surface area contributed by atoms with Gasteiger partial charge in [0, 0.05) is 11.6 Å². The molecule has 0 aromatic carbocycles. The third-order valence-corrected chi connectivity index (χ3v) is 2.44. The van der Waals surface area contributed by atoms with Crippen molar-refractivity contribution >= 4 is 15.9 Å². The first-order valence-electron chi connectivity index (χ1n) is 3.23. The lowest BCUT2D eigenvalue weighted by molar-refractivity contribution is 0.125. The SMILES string of the molecule is COC1CCCC=C1Br. The highest BCUT2D eigenvalue weighted by molar-refractivity contribution is 9.11. The molecule has 0 amide bonds. The van der Waals surface area contributed by atoms with Gasteiger partial charge in [-0.1, -0.05) is 22.0 Å². The molecule has 9 heavy (non-hydrogen) atoms. The maximum atomic E-state index is 5.19. The van der Waals surface area contributed by atoms with Crippen molar-refractivity contribution in [3.63, 3.8) is 0 Å². The lowest BCUT2D eigenvalue weighted by atomic mass is 10.1. The molecule has 0 radical (unpaired) electrons. The minimum absolute atomic E-state index is 0.332. The molecule has 1 nitrogen and oxygen atoms in total. The number of methoxy groups -OCH3 is 1. The molecule has 2 heteroatoms. The van der Waals surface area contributed by atoms with Crippen LogP contribution in [0.1, 0.15) is 19.3 Å². The van der Waals surface area contributed by atoms with Crippen molar-refractivity contribution in [1.29, 1.82) is 0 Å². The molecule has 0 saturated carbocycles. The van der Waals surface area contributed by atoms with E-state index in [1.54, 1.807) is 7.11 Å². The average molecular weight is 191 g/mol. The highest BCUT2D eigenvalue weighted by Crippen LogP contribution is 2.24. The van der Waals surface area contributed by atoms with E-state index in [1.165, 1.54) is 17.3 Å². The minimum Gasteiger partial charge on any atom is -0.376 e. The van der Waals surface area contributed by atoms with E-state index in [0.29, 0.717) is 6.10 Å². The largest absolute Gasteiger partial charge is 0.376 e. The number of rotatable bonds is 1. The maximum Gasteiger partial charge on any atom is 0.0882 e. The highest BCUT2D eigenvalue weighted by atomic mass is 79.9. The fraction of sp³-hybridized carbons (Fsp3) is 0.714. The molecule has 52 valence electrons. The van der Waals surface area contributed by atoms with Crippen LogP contribution in [0, 0.1) is 0 Å². The van der Waals surface area contributed by atoms with Gasteiger partial charge >= 0.3 is 0 Å². The van der Waals surface area contributed by atoms with Gasteiger partial charge in [0.25, 0.3) is 0 Å². The van der Waals surface area contributed by atoms with Crippen LogP contribution in [0.2, 0.25) is 0 Å². The van der Waals surface area contributed by atoms with E-state index in [9.17, 15) is 0 Å². The van der Waals surface area contributed by atoms with Crippen LogP contribution in [0.15, 0.2) is 10.6 Å². The molecule has 1 atom stereocenters. The number of allylic oxidation sites excluding steroid dienone is 1. The zero-order valence-electron chi connectivity index (χ0n) is 5.56. The summed E-state index contributed by atoms with van der Waals surface area (Å²) in [5.41, 5.74) is 0. The molecule has 1 rings (SSSR count). The molecule has 0 bridgehead atoms. The topological polar surface area (TPSA) is 9.23 Å². The van der Waals surface area contributed by atoms with Gasteiger partial charge in [-0.05, 0) is 19.3 Å². The average Bonchev–Trinajstić information content (AvgIpc) is 1.89. The second kappa shape index (κ2) is 3.37. The minimum atomic E-state index is 0.332. The molecule has 0 spiro atoms. The Balaban J connectivity index is 2.50. The Morgan fingerprint density at radius 3 is 3.00 bits per heavy atom. The maximum absolute atomic E-state index is 5.19. The van der Waals surface area contributed by atoms with Crippen LogP contribution in [0.25, 0.3) is 0 Å². The van der Waals surface area contributed by atoms with Gasteiger partial charge in [0.15, 0.2) is 0 Å². The van der Waals surface area contributed by atoms with E-state index in [1.807, 2.05) is 0 Å². The van der Waals surface area contributed by atoms with Crippen molar-refractivity contribution in [2.24, 2.45) is 0 Å². The predicted molar refractivity (Wildman–Crippen MR) is 41.7 cm³/mol. The second-order valence-corrected chi connectivity index (χ2v) is 3.16. The quantitative estimate of drug-likeness (QED) is 0.618. The smallest absolute Gasteiger partial charge is 0.0882 e. The lowest BCUT2D eigenvalue weighted by Crippen LogP contribution is -2.12. The Kier molecular flexibility index (Phi) is 2.73. The van der Waals surface area contributed by atoms with Gasteiger partial charge in [-0.3, -0.25) is 0 Å². The molecule has 0 aromatic heterocycles. The standard InChI is InChI=1S/C7H11BrO/c1-9-7-5-3-2-4-6(7)8/h4,7H,2-3,5H2,1H3. The molecule has 0 aromatic rings. The Labute approximate surface area is 64.2 Å². The van der Waals surface area contributed by atoms with E-state index in [2.05, 4.69) is 22.0 Å². The van der Waals surface area contributed by atoms with Crippen LogP contribution in [0.3, 0.4) is 0 Å². The first-order valence-corrected chi connectivity index (χ1v) is 4.02. The normalized spacial score (nSPS) is 27.8. The van der Waals surface area contributed by atoms with Crippen molar-refractivity contribution in [2.75, 3.05) is 7.11 Å². The summed E-state index contributed by atoms with van der Waals surface area (Å²) in [6.45, 7) is 0. The Morgan fingerprint density at radius 1 is 1.78 bits per heavy atom. The summed E-state index contributed by atoms with van der Waals surface area (Å²) in [5.74, 6) is 0. The zero-order valence-corrected chi connectivity index (χ0v) is 7.15. The molecule has 1 unspecified atom stereocenters. The van der Waals surface area contributed by atoms with Crippen LogP contribution >= 0.6 is 15.9 Å². The van der Waals surface area contributed by atoms with E-state index in [4.69, 9.17) is 4.74 Å². The lowest BCUT2D eigenvalue weighted by Gasteiger charge is -2.18. The van der Waals surface area contributed by atoms with Crippen LogP contribution < -0.4 is 0 Å². The van der Waals surface area contributed by atoms with Crippen molar-refractivity contribution in [1.82, 2.24) is 0 Å². The van der Waals surface area contributed by atoms with Gasteiger partial charge in [-0.25, -0.2) is 0 Å². The summed E-state index contributed by atoms with van der Waals surface area (Å²) in [5, 5.41) is 0. The van der Waals surface area contributed by atoms with Crippen molar-refractivity contribution < 1.29 is 4.74 Å². The molecule has 0 saturated heterocycles. The molecular formula is C7H11BrO. The molecular weight excluding hydrogens is 180 g/mol. The predicted octanol–water partition coefficient (Wildman–Crippen LogP) is 2.46. The van der Waals surface area contributed by atoms with Crippen molar-refractivity contribution in [3.8, 4) is 0 Å². The van der Waals surface area contributed by atoms with Gasteiger partial charge in [-0.2, -0.15) is 0 Å². The fourth-order valence-electron chi connectivity index (χ4n) is 1.04. The third kappa shape index (κ3) is 1.80. The summed E-state index contributed by atoms with van der Waals surface area (Å²) in [7, 11) is 1.76. The molecule has 1 aliphatic carbocycles. The van der Waals surface area contributed by atoms with Gasteiger partial charge in [0.1, 0.15) is 0 Å². The number of hydrogen-bond donors (Lipinski definition) is 0. The first-order chi connectivity index (χ1) is 4.34. The summed E-state index contributed by atoms with van der Waals surface area (Å²) in [6, 6.07) is 0. The Bertz CT molecular complexity index is 120. The number of halogens is 1. The number of hydrogen-bond acceptors (Lipinski definition) is 1. The summed E-state index contributed by atoms with van der Waals surface area (Å²) in [6.07, 6.45) is 6.14. The van der Waals surface area contributed by atoms with Crippen LogP contribution in [0.4, 0.5) is 0 Å². The summed E-state index contributed by atoms with van der Waals surface area (Å²) >= 11 is 3.45. The Morgan fingerprint density at radius 2 is 2.56 bits per heavy atom. The third-order valence-electron chi connectivity index (χ3n) is 1.60. The van der Waals surface area contributed by atoms with Crippen molar-refractivity contribution in [2.45, 2.75) is 25.4 Å². The molecule has 1 aliphatic rings. The fourth-order valence-corrected chi connectivity index (χ4v) is 1.69. The monoisotopic (exact) mass is 190 g/mol. The van der Waals surface area contributed by atoms with Gasteiger partial charge in [0.2, 0.25) is 0 Å². The summed E-state index contributed by atoms with van der Waals surface area (Å²) < 4.78 is 6.41. The van der Waals surface area contributed by atoms with Crippen LogP contribution in [0.5, 0.6) is 0 Å². The number of ether oxygens (including phenoxy) is 1. The molecule has 0 heterocycles. The first kappa shape index (κ1) is 7.29. The van der Waals surface area contributed by atoms with Crippen LogP contribution in [-0.2, 0) is 4.74 Å². The van der Waals surface area contributed by atoms with Gasteiger partial charge < -0.3 is 4.74 Å². The highest BCUT2D eigenvalue weighted by Gasteiger charge is 2.13. The van der Waals surface area contributed by atoms with Gasteiger partial charge in [-0.15, -0.1) is 0 Å². The molecule has 0 fully saturated rings. The van der Waals surface area contributed by atoms with Crippen LogP contribution in [-0.4, -0.2) is 13.2 Å². The van der Waals surface area contributed by atoms with E-state index in [0.717, 1.165) is 6.42 Å². The Hall–Kier alpha value is 0.180. The molecule has 0 aliphatic heterocycles. The summed E-state index contributed by atoms with van der Waals surface area (Å²) in [4.78, 5) is 0. The van der Waals surface area contributed by atoms with E-state index < -0.39 is 0 Å². The molecule has 0 N–H and O–H groups in total. The van der Waals surface area contributed by atoms with E-state index in [-0.39, 0.29) is 0 Å². The van der Waals surface area contributed by atoms with E-state index >= 15 is 0 Å². The van der Waals surface area contributed by atoms with Crippen molar-refractivity contribution in [3.05, 3.63) is 10.6 Å².